The van der Waals surface area contributed by atoms with E-state index in [1.807, 2.05) is 0 Å². The van der Waals surface area contributed by atoms with E-state index in [4.69, 9.17) is 9.84 Å². The van der Waals surface area contributed by atoms with Crippen LogP contribution in [0.1, 0.15) is 6.92 Å². The number of amides is 1. The summed E-state index contributed by atoms with van der Waals surface area (Å²) in [7, 11) is 0. The van der Waals surface area contributed by atoms with Crippen LogP contribution >= 0.6 is 0 Å². The van der Waals surface area contributed by atoms with E-state index < -0.39 is 24.4 Å². The molecule has 1 unspecified atom stereocenters. The molecule has 1 aliphatic heterocycles. The summed E-state index contributed by atoms with van der Waals surface area (Å²) in [6.45, 7) is 1.05. The van der Waals surface area contributed by atoms with Gasteiger partial charge in [0.1, 0.15) is 18.3 Å². The van der Waals surface area contributed by atoms with Gasteiger partial charge < -0.3 is 25.4 Å². The van der Waals surface area contributed by atoms with Crippen molar-refractivity contribution in [2.24, 2.45) is 0 Å². The molecular weight excluding hydrogens is 190 g/mol. The highest BCUT2D eigenvalue weighted by atomic mass is 16.5. The summed E-state index contributed by atoms with van der Waals surface area (Å²) in [5, 5.41) is 30.2. The average Bonchev–Trinajstić information content (AvgIpc) is 2.13. The van der Waals surface area contributed by atoms with Gasteiger partial charge in [0.25, 0.3) is 0 Å². The van der Waals surface area contributed by atoms with Gasteiger partial charge >= 0.3 is 0 Å². The van der Waals surface area contributed by atoms with Crippen molar-refractivity contribution < 1.29 is 24.9 Å². The molecule has 6 nitrogen and oxygen atoms in total. The Kier molecular flexibility index (Phi) is 3.82. The van der Waals surface area contributed by atoms with Crippen LogP contribution < -0.4 is 5.32 Å². The molecule has 0 saturated carbocycles. The fourth-order valence-electron chi connectivity index (χ4n) is 1.43. The van der Waals surface area contributed by atoms with Crippen molar-refractivity contribution in [2.45, 2.75) is 31.3 Å². The molecule has 4 atom stereocenters. The zero-order valence-electron chi connectivity index (χ0n) is 7.88. The van der Waals surface area contributed by atoms with E-state index in [-0.39, 0.29) is 19.1 Å². The SMILES string of the molecule is CC(=O)N[C@@H]1CO[C@H](CO)[C@@H](O)C1O. The molecule has 0 radical (unpaired) electrons. The Labute approximate surface area is 81.5 Å². The van der Waals surface area contributed by atoms with Crippen molar-refractivity contribution >= 4 is 5.91 Å². The summed E-state index contributed by atoms with van der Waals surface area (Å²) in [4.78, 5) is 10.7. The average molecular weight is 205 g/mol. The molecule has 0 bridgehead atoms. The van der Waals surface area contributed by atoms with E-state index in [0.717, 1.165) is 0 Å². The first kappa shape index (κ1) is 11.4. The highest BCUT2D eigenvalue weighted by Crippen LogP contribution is 2.14. The first-order valence-electron chi connectivity index (χ1n) is 4.42. The maximum absolute atomic E-state index is 10.7. The summed E-state index contributed by atoms with van der Waals surface area (Å²) in [5.74, 6) is -0.299. The van der Waals surface area contributed by atoms with Gasteiger partial charge in [-0.05, 0) is 0 Å². The quantitative estimate of drug-likeness (QED) is 0.403. The minimum atomic E-state index is -1.18. The van der Waals surface area contributed by atoms with Gasteiger partial charge in [0, 0.05) is 6.92 Å². The molecule has 1 saturated heterocycles. The number of carbonyl (C=O) groups excluding carboxylic acids is 1. The monoisotopic (exact) mass is 205 g/mol. The number of hydrogen-bond acceptors (Lipinski definition) is 5. The third kappa shape index (κ3) is 2.42. The molecule has 0 aromatic heterocycles. The van der Waals surface area contributed by atoms with Gasteiger partial charge in [0.2, 0.25) is 5.91 Å². The molecule has 1 fully saturated rings. The zero-order valence-corrected chi connectivity index (χ0v) is 7.88. The largest absolute Gasteiger partial charge is 0.394 e. The lowest BCUT2D eigenvalue weighted by Gasteiger charge is -2.36. The third-order valence-corrected chi connectivity index (χ3v) is 2.20. The number of nitrogens with one attached hydrogen (secondary N) is 1. The first-order valence-corrected chi connectivity index (χ1v) is 4.42. The molecule has 4 N–H and O–H groups in total. The Hall–Kier alpha value is -0.690. The maximum atomic E-state index is 10.7. The fraction of sp³-hybridized carbons (Fsp3) is 0.875. The van der Waals surface area contributed by atoms with Gasteiger partial charge in [-0.3, -0.25) is 4.79 Å². The molecule has 1 rings (SSSR count). The predicted molar refractivity (Wildman–Crippen MR) is 46.4 cm³/mol. The van der Waals surface area contributed by atoms with Gasteiger partial charge in [-0.15, -0.1) is 0 Å². The van der Waals surface area contributed by atoms with Gasteiger partial charge in [-0.1, -0.05) is 0 Å². The number of hydrogen-bond donors (Lipinski definition) is 4. The second-order valence-electron chi connectivity index (χ2n) is 3.34. The Morgan fingerprint density at radius 2 is 2.14 bits per heavy atom. The van der Waals surface area contributed by atoms with Crippen molar-refractivity contribution in [1.82, 2.24) is 5.32 Å². The number of rotatable bonds is 2. The summed E-state index contributed by atoms with van der Waals surface area (Å²) in [5.41, 5.74) is 0. The lowest BCUT2D eigenvalue weighted by molar-refractivity contribution is -0.164. The summed E-state index contributed by atoms with van der Waals surface area (Å²) >= 11 is 0. The summed E-state index contributed by atoms with van der Waals surface area (Å²) < 4.78 is 5.05. The Morgan fingerprint density at radius 1 is 1.50 bits per heavy atom. The standard InChI is InChI=1S/C8H15NO5/c1-4(11)9-5-3-14-6(2-10)8(13)7(5)12/h5-8,10,12-13H,2-3H2,1H3,(H,9,11)/t5-,6-,7?,8-/m1/s1. The summed E-state index contributed by atoms with van der Waals surface area (Å²) in [6, 6.07) is -0.620. The molecule has 14 heavy (non-hydrogen) atoms. The smallest absolute Gasteiger partial charge is 0.217 e. The predicted octanol–water partition coefficient (Wildman–Crippen LogP) is -2.40. The minimum Gasteiger partial charge on any atom is -0.394 e. The number of aliphatic hydroxyl groups excluding tert-OH is 3. The van der Waals surface area contributed by atoms with Gasteiger partial charge in [0.05, 0.1) is 19.3 Å². The molecular formula is C8H15NO5. The van der Waals surface area contributed by atoms with E-state index in [1.165, 1.54) is 6.92 Å². The van der Waals surface area contributed by atoms with E-state index >= 15 is 0 Å². The maximum Gasteiger partial charge on any atom is 0.217 e. The van der Waals surface area contributed by atoms with E-state index in [1.54, 1.807) is 0 Å². The van der Waals surface area contributed by atoms with Gasteiger partial charge in [-0.2, -0.15) is 0 Å². The molecule has 1 amide bonds. The van der Waals surface area contributed by atoms with Crippen LogP contribution in [0.25, 0.3) is 0 Å². The second-order valence-corrected chi connectivity index (χ2v) is 3.34. The van der Waals surface area contributed by atoms with Crippen LogP contribution in [0.3, 0.4) is 0 Å². The van der Waals surface area contributed by atoms with E-state index in [2.05, 4.69) is 5.32 Å². The normalized spacial score (nSPS) is 38.0. The van der Waals surface area contributed by atoms with E-state index in [0.29, 0.717) is 0 Å². The van der Waals surface area contributed by atoms with E-state index in [9.17, 15) is 15.0 Å². The third-order valence-electron chi connectivity index (χ3n) is 2.20. The van der Waals surface area contributed by atoms with Crippen LogP contribution in [0.5, 0.6) is 0 Å². The van der Waals surface area contributed by atoms with Gasteiger partial charge in [0.15, 0.2) is 0 Å². The van der Waals surface area contributed by atoms with Crippen molar-refractivity contribution in [2.75, 3.05) is 13.2 Å². The Morgan fingerprint density at radius 3 is 2.64 bits per heavy atom. The van der Waals surface area contributed by atoms with Crippen LogP contribution in [0, 0.1) is 0 Å². The Bertz CT molecular complexity index is 210. The van der Waals surface area contributed by atoms with Crippen LogP contribution in [0.2, 0.25) is 0 Å². The molecule has 6 heteroatoms. The molecule has 0 aliphatic carbocycles. The van der Waals surface area contributed by atoms with Crippen molar-refractivity contribution in [1.29, 1.82) is 0 Å². The molecule has 82 valence electrons. The lowest BCUT2D eigenvalue weighted by atomic mass is 9.98. The zero-order chi connectivity index (χ0) is 10.7. The summed E-state index contributed by atoms with van der Waals surface area (Å²) in [6.07, 6.45) is -3.06. The highest BCUT2D eigenvalue weighted by Gasteiger charge is 2.38. The second kappa shape index (κ2) is 4.70. The molecule has 1 aliphatic rings. The number of aliphatic hydroxyl groups is 3. The first-order chi connectivity index (χ1) is 6.56. The van der Waals surface area contributed by atoms with Crippen molar-refractivity contribution in [3.05, 3.63) is 0 Å². The number of ether oxygens (including phenoxy) is 1. The van der Waals surface area contributed by atoms with Crippen molar-refractivity contribution in [3.8, 4) is 0 Å². The molecule has 1 heterocycles. The number of carbonyl (C=O) groups is 1. The molecule has 0 spiro atoms. The molecule has 0 aromatic carbocycles. The highest BCUT2D eigenvalue weighted by molar-refractivity contribution is 5.73. The van der Waals surface area contributed by atoms with Gasteiger partial charge in [-0.25, -0.2) is 0 Å². The van der Waals surface area contributed by atoms with Crippen LogP contribution in [0.4, 0.5) is 0 Å². The van der Waals surface area contributed by atoms with Crippen LogP contribution in [-0.4, -0.2) is 58.8 Å². The lowest BCUT2D eigenvalue weighted by Crippen LogP contribution is -2.59. The van der Waals surface area contributed by atoms with Crippen molar-refractivity contribution in [3.63, 3.8) is 0 Å². The Balaban J connectivity index is 2.54. The van der Waals surface area contributed by atoms with Crippen LogP contribution in [-0.2, 0) is 9.53 Å². The minimum absolute atomic E-state index is 0.0863. The van der Waals surface area contributed by atoms with Crippen LogP contribution in [0.15, 0.2) is 0 Å². The fourth-order valence-corrected chi connectivity index (χ4v) is 1.43. The molecule has 0 aromatic rings. The topological polar surface area (TPSA) is 99.0 Å².